The summed E-state index contributed by atoms with van der Waals surface area (Å²) in [5.74, 6) is 1.82. The molecule has 6 heteroatoms. The van der Waals surface area contributed by atoms with Crippen LogP contribution in [0.25, 0.3) is 10.9 Å². The third-order valence-electron chi connectivity index (χ3n) is 4.04. The van der Waals surface area contributed by atoms with Gasteiger partial charge in [0.15, 0.2) is 11.5 Å². The summed E-state index contributed by atoms with van der Waals surface area (Å²) in [5, 5.41) is 0.866. The van der Waals surface area contributed by atoms with Crippen LogP contribution in [0.1, 0.15) is 10.4 Å². The SMILES string of the molecule is COc1cc(C(=O)n2ccc3c(OC)cccc32)cc(OC)c1OC. The van der Waals surface area contributed by atoms with E-state index in [4.69, 9.17) is 18.9 Å². The summed E-state index contributed by atoms with van der Waals surface area (Å²) in [6.45, 7) is 0. The number of aromatic nitrogens is 1. The molecule has 2 aromatic carbocycles. The Morgan fingerprint density at radius 2 is 1.48 bits per heavy atom. The number of hydrogen-bond acceptors (Lipinski definition) is 5. The summed E-state index contributed by atoms with van der Waals surface area (Å²) in [7, 11) is 6.16. The van der Waals surface area contributed by atoms with E-state index in [0.29, 0.717) is 28.6 Å². The Labute approximate surface area is 145 Å². The molecule has 1 heterocycles. The van der Waals surface area contributed by atoms with Crippen LogP contribution in [0.15, 0.2) is 42.6 Å². The number of ether oxygens (including phenoxy) is 4. The van der Waals surface area contributed by atoms with E-state index in [-0.39, 0.29) is 5.91 Å². The highest BCUT2D eigenvalue weighted by atomic mass is 16.5. The van der Waals surface area contributed by atoms with Gasteiger partial charge in [0.05, 0.1) is 34.0 Å². The van der Waals surface area contributed by atoms with Crippen LogP contribution in [0.3, 0.4) is 0 Å². The molecule has 0 bridgehead atoms. The summed E-state index contributed by atoms with van der Waals surface area (Å²) >= 11 is 0. The van der Waals surface area contributed by atoms with Crippen LogP contribution in [-0.4, -0.2) is 38.9 Å². The zero-order chi connectivity index (χ0) is 18.0. The van der Waals surface area contributed by atoms with E-state index in [0.717, 1.165) is 10.9 Å². The van der Waals surface area contributed by atoms with Crippen molar-refractivity contribution >= 4 is 16.8 Å². The zero-order valence-electron chi connectivity index (χ0n) is 14.5. The average Bonchev–Trinajstić information content (AvgIpc) is 3.10. The summed E-state index contributed by atoms with van der Waals surface area (Å²) in [6, 6.07) is 10.7. The second-order valence-corrected chi connectivity index (χ2v) is 5.30. The Bertz CT molecular complexity index is 904. The molecule has 0 amide bonds. The van der Waals surface area contributed by atoms with Gasteiger partial charge in [-0.05, 0) is 30.3 Å². The van der Waals surface area contributed by atoms with Crippen LogP contribution >= 0.6 is 0 Å². The molecule has 3 aromatic rings. The molecule has 1 aromatic heterocycles. The number of carbonyl (C=O) groups is 1. The van der Waals surface area contributed by atoms with E-state index in [1.807, 2.05) is 24.3 Å². The minimum Gasteiger partial charge on any atom is -0.496 e. The van der Waals surface area contributed by atoms with E-state index >= 15 is 0 Å². The van der Waals surface area contributed by atoms with Gasteiger partial charge < -0.3 is 18.9 Å². The van der Waals surface area contributed by atoms with Gasteiger partial charge in [-0.3, -0.25) is 9.36 Å². The first-order valence-electron chi connectivity index (χ1n) is 7.63. The molecule has 130 valence electrons. The van der Waals surface area contributed by atoms with Gasteiger partial charge in [-0.25, -0.2) is 0 Å². The molecule has 0 aliphatic rings. The summed E-state index contributed by atoms with van der Waals surface area (Å²) in [4.78, 5) is 13.0. The molecule has 0 fully saturated rings. The predicted molar refractivity (Wildman–Crippen MR) is 94.3 cm³/mol. The first kappa shape index (κ1) is 16.7. The number of benzene rings is 2. The molecule has 0 N–H and O–H groups in total. The Balaban J connectivity index is 2.13. The van der Waals surface area contributed by atoms with Gasteiger partial charge in [0.25, 0.3) is 5.91 Å². The number of carbonyl (C=O) groups excluding carboxylic acids is 1. The molecule has 6 nitrogen and oxygen atoms in total. The third-order valence-corrected chi connectivity index (χ3v) is 4.04. The lowest BCUT2D eigenvalue weighted by molar-refractivity contribution is 0.0964. The van der Waals surface area contributed by atoms with Crippen molar-refractivity contribution in [2.24, 2.45) is 0 Å². The number of hydrogen-bond donors (Lipinski definition) is 0. The minimum atomic E-state index is -0.206. The van der Waals surface area contributed by atoms with Gasteiger partial charge in [-0.1, -0.05) is 6.07 Å². The van der Waals surface area contributed by atoms with E-state index in [1.54, 1.807) is 30.0 Å². The maximum absolute atomic E-state index is 13.0. The van der Waals surface area contributed by atoms with Crippen molar-refractivity contribution in [3.63, 3.8) is 0 Å². The Kier molecular flexibility index (Phi) is 4.52. The molecule has 0 spiro atoms. The van der Waals surface area contributed by atoms with Crippen LogP contribution in [-0.2, 0) is 0 Å². The average molecular weight is 341 g/mol. The fourth-order valence-corrected chi connectivity index (χ4v) is 2.84. The molecule has 3 rings (SSSR count). The summed E-state index contributed by atoms with van der Waals surface area (Å²) in [6.07, 6.45) is 1.72. The first-order chi connectivity index (χ1) is 12.1. The van der Waals surface area contributed by atoms with Crippen LogP contribution in [0, 0.1) is 0 Å². The third kappa shape index (κ3) is 2.76. The molecular weight excluding hydrogens is 322 g/mol. The van der Waals surface area contributed by atoms with Crippen molar-refractivity contribution in [3.05, 3.63) is 48.2 Å². The highest BCUT2D eigenvalue weighted by molar-refractivity contribution is 6.04. The van der Waals surface area contributed by atoms with Crippen molar-refractivity contribution in [2.75, 3.05) is 28.4 Å². The minimum absolute atomic E-state index is 0.206. The van der Waals surface area contributed by atoms with E-state index < -0.39 is 0 Å². The van der Waals surface area contributed by atoms with Gasteiger partial charge in [-0.15, -0.1) is 0 Å². The van der Waals surface area contributed by atoms with Gasteiger partial charge in [0.1, 0.15) is 5.75 Å². The maximum Gasteiger partial charge on any atom is 0.262 e. The number of fused-ring (bicyclic) bond motifs is 1. The molecule has 25 heavy (non-hydrogen) atoms. The molecule has 0 radical (unpaired) electrons. The molecule has 0 unspecified atom stereocenters. The largest absolute Gasteiger partial charge is 0.496 e. The quantitative estimate of drug-likeness (QED) is 0.712. The van der Waals surface area contributed by atoms with Crippen LogP contribution in [0.5, 0.6) is 23.0 Å². The van der Waals surface area contributed by atoms with Crippen LogP contribution in [0.2, 0.25) is 0 Å². The van der Waals surface area contributed by atoms with Gasteiger partial charge in [0, 0.05) is 17.1 Å². The lowest BCUT2D eigenvalue weighted by atomic mass is 10.1. The molecule has 0 saturated carbocycles. The predicted octanol–water partition coefficient (Wildman–Crippen LogP) is 3.36. The molecule has 0 aliphatic heterocycles. The highest BCUT2D eigenvalue weighted by Crippen LogP contribution is 2.38. The molecular formula is C19H19NO5. The highest BCUT2D eigenvalue weighted by Gasteiger charge is 2.19. The lowest BCUT2D eigenvalue weighted by Crippen LogP contribution is -2.11. The van der Waals surface area contributed by atoms with Gasteiger partial charge in [-0.2, -0.15) is 0 Å². The second kappa shape index (κ2) is 6.76. The molecule has 0 saturated heterocycles. The number of rotatable bonds is 5. The Morgan fingerprint density at radius 1 is 0.840 bits per heavy atom. The molecule has 0 atom stereocenters. The fraction of sp³-hybridized carbons (Fsp3) is 0.211. The Hall–Kier alpha value is -3.15. The second-order valence-electron chi connectivity index (χ2n) is 5.30. The smallest absolute Gasteiger partial charge is 0.262 e. The monoisotopic (exact) mass is 341 g/mol. The van der Waals surface area contributed by atoms with Crippen LogP contribution < -0.4 is 18.9 Å². The number of methoxy groups -OCH3 is 4. The summed E-state index contributed by atoms with van der Waals surface area (Å²) in [5.41, 5.74) is 1.19. The van der Waals surface area contributed by atoms with Crippen molar-refractivity contribution in [1.29, 1.82) is 0 Å². The van der Waals surface area contributed by atoms with Crippen LogP contribution in [0.4, 0.5) is 0 Å². The molecule has 0 aliphatic carbocycles. The van der Waals surface area contributed by atoms with E-state index in [1.165, 1.54) is 21.3 Å². The topological polar surface area (TPSA) is 58.9 Å². The fourth-order valence-electron chi connectivity index (χ4n) is 2.84. The van der Waals surface area contributed by atoms with Crippen molar-refractivity contribution < 1.29 is 23.7 Å². The van der Waals surface area contributed by atoms with Crippen molar-refractivity contribution in [3.8, 4) is 23.0 Å². The Morgan fingerprint density at radius 3 is 2.04 bits per heavy atom. The van der Waals surface area contributed by atoms with Crippen molar-refractivity contribution in [2.45, 2.75) is 0 Å². The van der Waals surface area contributed by atoms with E-state index in [2.05, 4.69) is 0 Å². The van der Waals surface area contributed by atoms with E-state index in [9.17, 15) is 4.79 Å². The number of nitrogens with zero attached hydrogens (tertiary/aromatic N) is 1. The summed E-state index contributed by atoms with van der Waals surface area (Å²) < 4.78 is 22.9. The zero-order valence-corrected chi connectivity index (χ0v) is 14.5. The van der Waals surface area contributed by atoms with Gasteiger partial charge in [0.2, 0.25) is 5.75 Å². The standard InChI is InChI=1S/C19H19NO5/c1-22-15-7-5-6-14-13(15)8-9-20(14)19(21)12-10-16(23-2)18(25-4)17(11-12)24-3/h5-11H,1-4H3. The maximum atomic E-state index is 13.0. The normalized spacial score (nSPS) is 10.6. The van der Waals surface area contributed by atoms with Gasteiger partial charge >= 0.3 is 0 Å². The van der Waals surface area contributed by atoms with Crippen molar-refractivity contribution in [1.82, 2.24) is 4.57 Å². The lowest BCUT2D eigenvalue weighted by Gasteiger charge is -2.14. The first-order valence-corrected chi connectivity index (χ1v) is 7.63.